The summed E-state index contributed by atoms with van der Waals surface area (Å²) in [4.78, 5) is 31.4. The van der Waals surface area contributed by atoms with Crippen LogP contribution in [-0.2, 0) is 9.59 Å². The molecular formula is C23H28N2O2. The number of piperidine rings is 1. The lowest BCUT2D eigenvalue weighted by Crippen LogP contribution is -2.39. The Morgan fingerprint density at radius 3 is 2.81 bits per heavy atom. The minimum Gasteiger partial charge on any atom is -0.342 e. The van der Waals surface area contributed by atoms with E-state index in [1.165, 1.54) is 5.39 Å². The number of likely N-dealkylation sites (tertiary alicyclic amines) is 1. The molecule has 1 aromatic carbocycles. The number of Topliss-reactive ketones (excluding diaryl/α,β-unsaturated/α-hetero) is 1. The number of carbonyl (C=O) groups is 2. The molecule has 0 bridgehead atoms. The van der Waals surface area contributed by atoms with Gasteiger partial charge in [-0.1, -0.05) is 30.7 Å². The third-order valence-corrected chi connectivity index (χ3v) is 6.23. The van der Waals surface area contributed by atoms with Gasteiger partial charge in [-0.15, -0.1) is 0 Å². The Bertz CT molecular complexity index is 832. The van der Waals surface area contributed by atoms with Crippen LogP contribution in [0.15, 0.2) is 36.5 Å². The quantitative estimate of drug-likeness (QED) is 0.804. The van der Waals surface area contributed by atoms with Crippen molar-refractivity contribution < 1.29 is 9.59 Å². The summed E-state index contributed by atoms with van der Waals surface area (Å²) in [5, 5.41) is 2.36. The number of hydrogen-bond donors (Lipinski definition) is 0. The van der Waals surface area contributed by atoms with Gasteiger partial charge in [0.05, 0.1) is 0 Å². The van der Waals surface area contributed by atoms with Gasteiger partial charge in [0.25, 0.3) is 0 Å². The number of aromatic nitrogens is 1. The maximum absolute atomic E-state index is 12.7. The van der Waals surface area contributed by atoms with E-state index in [0.717, 1.165) is 62.7 Å². The topological polar surface area (TPSA) is 50.3 Å². The predicted molar refractivity (Wildman–Crippen MR) is 106 cm³/mol. The molecule has 1 aromatic heterocycles. The molecule has 142 valence electrons. The van der Waals surface area contributed by atoms with Crippen LogP contribution in [0.25, 0.3) is 10.8 Å². The lowest BCUT2D eigenvalue weighted by Gasteiger charge is -2.33. The molecule has 4 heteroatoms. The summed E-state index contributed by atoms with van der Waals surface area (Å²) in [6.45, 7) is 1.59. The number of rotatable bonds is 4. The summed E-state index contributed by atoms with van der Waals surface area (Å²) in [5.74, 6) is 0.999. The van der Waals surface area contributed by atoms with Gasteiger partial charge >= 0.3 is 0 Å². The van der Waals surface area contributed by atoms with Crippen LogP contribution in [0.5, 0.6) is 0 Å². The Morgan fingerprint density at radius 2 is 1.96 bits per heavy atom. The number of hydrogen-bond acceptors (Lipinski definition) is 3. The average Bonchev–Trinajstić information content (AvgIpc) is 2.72. The van der Waals surface area contributed by atoms with Crippen molar-refractivity contribution in [3.05, 3.63) is 42.2 Å². The number of amides is 1. The largest absolute Gasteiger partial charge is 0.342 e. The van der Waals surface area contributed by atoms with Gasteiger partial charge in [0.2, 0.25) is 5.91 Å². The van der Waals surface area contributed by atoms with Gasteiger partial charge < -0.3 is 4.90 Å². The molecule has 2 aliphatic rings. The summed E-state index contributed by atoms with van der Waals surface area (Å²) in [6, 6.07) is 10.5. The maximum atomic E-state index is 12.7. The molecule has 0 spiro atoms. The minimum absolute atomic E-state index is 0.116. The molecular weight excluding hydrogens is 336 g/mol. The molecule has 0 N–H and O–H groups in total. The molecule has 2 aromatic rings. The molecule has 1 saturated carbocycles. The highest BCUT2D eigenvalue weighted by molar-refractivity contribution is 5.83. The summed E-state index contributed by atoms with van der Waals surface area (Å²) >= 11 is 0. The number of fused-ring (bicyclic) bond motifs is 1. The number of pyridine rings is 1. The minimum atomic E-state index is 0.116. The Morgan fingerprint density at radius 1 is 1.11 bits per heavy atom. The molecule has 1 aliphatic heterocycles. The van der Waals surface area contributed by atoms with Crippen LogP contribution in [0.4, 0.5) is 0 Å². The van der Waals surface area contributed by atoms with Crippen molar-refractivity contribution >= 4 is 22.5 Å². The van der Waals surface area contributed by atoms with Crippen molar-refractivity contribution in [2.24, 2.45) is 5.92 Å². The van der Waals surface area contributed by atoms with Gasteiger partial charge in [0, 0.05) is 55.0 Å². The predicted octanol–water partition coefficient (Wildman–Crippen LogP) is 4.48. The van der Waals surface area contributed by atoms with Crippen molar-refractivity contribution in [1.29, 1.82) is 0 Å². The number of ketones is 1. The van der Waals surface area contributed by atoms with Gasteiger partial charge in [0.1, 0.15) is 5.78 Å². The molecule has 4 nitrogen and oxygen atoms in total. The van der Waals surface area contributed by atoms with E-state index in [1.54, 1.807) is 0 Å². The highest BCUT2D eigenvalue weighted by atomic mass is 16.2. The third-order valence-electron chi connectivity index (χ3n) is 6.23. The van der Waals surface area contributed by atoms with Crippen LogP contribution in [0.3, 0.4) is 0 Å². The summed E-state index contributed by atoms with van der Waals surface area (Å²) in [5.41, 5.74) is 1.09. The second kappa shape index (κ2) is 8.20. The molecule has 2 fully saturated rings. The van der Waals surface area contributed by atoms with E-state index < -0.39 is 0 Å². The van der Waals surface area contributed by atoms with E-state index in [0.29, 0.717) is 24.5 Å². The molecule has 0 unspecified atom stereocenters. The molecule has 1 amide bonds. The lowest BCUT2D eigenvalue weighted by atomic mass is 9.84. The molecule has 1 aliphatic carbocycles. The first kappa shape index (κ1) is 18.1. The second-order valence-electron chi connectivity index (χ2n) is 8.08. The van der Waals surface area contributed by atoms with E-state index in [4.69, 9.17) is 0 Å². The molecule has 2 heterocycles. The van der Waals surface area contributed by atoms with Crippen molar-refractivity contribution in [2.45, 2.75) is 57.3 Å². The molecule has 1 saturated heterocycles. The van der Waals surface area contributed by atoms with Crippen LogP contribution < -0.4 is 0 Å². The Labute approximate surface area is 161 Å². The molecule has 2 atom stereocenters. The zero-order valence-electron chi connectivity index (χ0n) is 15.9. The number of nitrogens with zero attached hydrogens (tertiary/aromatic N) is 2. The second-order valence-corrected chi connectivity index (χ2v) is 8.08. The van der Waals surface area contributed by atoms with Gasteiger partial charge in [-0.2, -0.15) is 0 Å². The summed E-state index contributed by atoms with van der Waals surface area (Å²) < 4.78 is 0. The van der Waals surface area contributed by atoms with Crippen LogP contribution in [-0.4, -0.2) is 34.7 Å². The Hall–Kier alpha value is -2.23. The number of carbonyl (C=O) groups excluding carboxylic acids is 2. The number of benzene rings is 1. The van der Waals surface area contributed by atoms with E-state index in [1.807, 2.05) is 17.2 Å². The van der Waals surface area contributed by atoms with E-state index in [2.05, 4.69) is 29.2 Å². The molecule has 0 radical (unpaired) electrons. The third kappa shape index (κ3) is 4.20. The lowest BCUT2D eigenvalue weighted by molar-refractivity contribution is -0.133. The molecule has 4 rings (SSSR count). The van der Waals surface area contributed by atoms with Crippen molar-refractivity contribution in [3.63, 3.8) is 0 Å². The van der Waals surface area contributed by atoms with Crippen molar-refractivity contribution in [2.75, 3.05) is 13.1 Å². The maximum Gasteiger partial charge on any atom is 0.222 e. The zero-order valence-corrected chi connectivity index (χ0v) is 15.9. The SMILES string of the molecule is O=C1CCCC[C@@H]1CCC(=O)N1CCC[C@H](c2cc3ccccc3cn2)C1. The normalized spacial score (nSPS) is 23.6. The van der Waals surface area contributed by atoms with Crippen molar-refractivity contribution in [1.82, 2.24) is 9.88 Å². The van der Waals surface area contributed by atoms with Crippen LogP contribution in [0.1, 0.15) is 63.0 Å². The van der Waals surface area contributed by atoms with Gasteiger partial charge in [-0.05, 0) is 43.6 Å². The van der Waals surface area contributed by atoms with Gasteiger partial charge in [-0.3, -0.25) is 14.6 Å². The molecule has 27 heavy (non-hydrogen) atoms. The van der Waals surface area contributed by atoms with Crippen LogP contribution in [0.2, 0.25) is 0 Å². The first-order valence-corrected chi connectivity index (χ1v) is 10.4. The van der Waals surface area contributed by atoms with Gasteiger partial charge in [0.15, 0.2) is 0 Å². The first-order valence-electron chi connectivity index (χ1n) is 10.4. The Balaban J connectivity index is 1.38. The monoisotopic (exact) mass is 364 g/mol. The smallest absolute Gasteiger partial charge is 0.222 e. The van der Waals surface area contributed by atoms with Crippen LogP contribution in [0, 0.1) is 5.92 Å². The van der Waals surface area contributed by atoms with E-state index in [-0.39, 0.29) is 11.8 Å². The summed E-state index contributed by atoms with van der Waals surface area (Å²) in [7, 11) is 0. The van der Waals surface area contributed by atoms with Crippen LogP contribution >= 0.6 is 0 Å². The van der Waals surface area contributed by atoms with E-state index >= 15 is 0 Å². The highest BCUT2D eigenvalue weighted by Gasteiger charge is 2.27. The first-order chi connectivity index (χ1) is 13.2. The standard InChI is InChI=1S/C23H28N2O2/c26-22-10-4-3-6-17(22)11-12-23(27)25-13-5-9-20(16-25)21-14-18-7-1-2-8-19(18)15-24-21/h1-2,7-8,14-15,17,20H,3-6,9-13,16H2/t17-,20+/m1/s1. The van der Waals surface area contributed by atoms with E-state index in [9.17, 15) is 9.59 Å². The summed E-state index contributed by atoms with van der Waals surface area (Å²) in [6.07, 6.45) is 9.11. The van der Waals surface area contributed by atoms with Crippen molar-refractivity contribution in [3.8, 4) is 0 Å². The fourth-order valence-electron chi connectivity index (χ4n) is 4.59. The zero-order chi connectivity index (χ0) is 18.6. The Kier molecular flexibility index (Phi) is 5.51. The fourth-order valence-corrected chi connectivity index (χ4v) is 4.59. The average molecular weight is 364 g/mol. The fraction of sp³-hybridized carbons (Fsp3) is 0.522. The van der Waals surface area contributed by atoms with Gasteiger partial charge in [-0.25, -0.2) is 0 Å². The highest BCUT2D eigenvalue weighted by Crippen LogP contribution is 2.29.